The van der Waals surface area contributed by atoms with Crippen LogP contribution in [0.25, 0.3) is 0 Å². The van der Waals surface area contributed by atoms with Crippen molar-refractivity contribution in [3.8, 4) is 11.5 Å². The molecular formula is C13H18O3. The van der Waals surface area contributed by atoms with E-state index in [1.807, 2.05) is 6.07 Å². The third kappa shape index (κ3) is 2.00. The molecule has 1 aliphatic heterocycles. The molecule has 3 nitrogen and oxygen atoms in total. The fourth-order valence-corrected chi connectivity index (χ4v) is 2.23. The van der Waals surface area contributed by atoms with Crippen LogP contribution in [0, 0.1) is 0 Å². The van der Waals surface area contributed by atoms with E-state index in [1.54, 1.807) is 6.07 Å². The van der Waals surface area contributed by atoms with Crippen LogP contribution in [0.1, 0.15) is 43.4 Å². The average molecular weight is 222 g/mol. The Kier molecular flexibility index (Phi) is 3.34. The van der Waals surface area contributed by atoms with E-state index in [-0.39, 0.29) is 17.6 Å². The second-order valence-electron chi connectivity index (χ2n) is 4.25. The van der Waals surface area contributed by atoms with Gasteiger partial charge in [-0.2, -0.15) is 0 Å². The Morgan fingerprint density at radius 2 is 2.19 bits per heavy atom. The maximum absolute atomic E-state index is 9.78. The van der Waals surface area contributed by atoms with Crippen LogP contribution in [0.15, 0.2) is 12.1 Å². The van der Waals surface area contributed by atoms with Gasteiger partial charge in [0.25, 0.3) is 0 Å². The van der Waals surface area contributed by atoms with Crippen molar-refractivity contribution in [3.05, 3.63) is 23.3 Å². The third-order valence-electron chi connectivity index (χ3n) is 3.14. The van der Waals surface area contributed by atoms with Crippen molar-refractivity contribution in [3.63, 3.8) is 0 Å². The molecule has 0 amide bonds. The maximum atomic E-state index is 9.78. The van der Waals surface area contributed by atoms with Crippen LogP contribution in [0.5, 0.6) is 11.5 Å². The van der Waals surface area contributed by atoms with E-state index in [4.69, 9.17) is 4.74 Å². The number of hydrogen-bond donors (Lipinski definition) is 2. The second-order valence-corrected chi connectivity index (χ2v) is 4.25. The number of phenolic OH excluding ortho intramolecular Hbond substituents is 2. The van der Waals surface area contributed by atoms with Crippen molar-refractivity contribution in [1.29, 1.82) is 0 Å². The highest BCUT2D eigenvalue weighted by molar-refractivity contribution is 5.50. The van der Waals surface area contributed by atoms with Crippen LogP contribution in [0.2, 0.25) is 0 Å². The highest BCUT2D eigenvalue weighted by Gasteiger charge is 2.23. The minimum absolute atomic E-state index is 0.0299. The summed E-state index contributed by atoms with van der Waals surface area (Å²) in [5, 5.41) is 19.2. The summed E-state index contributed by atoms with van der Waals surface area (Å²) in [5.74, 6) is -0.00260. The highest BCUT2D eigenvalue weighted by atomic mass is 16.5. The fourth-order valence-electron chi connectivity index (χ4n) is 2.23. The molecule has 1 unspecified atom stereocenters. The molecule has 88 valence electrons. The Morgan fingerprint density at radius 3 is 2.94 bits per heavy atom. The van der Waals surface area contributed by atoms with Crippen molar-refractivity contribution in [2.75, 3.05) is 6.61 Å². The largest absolute Gasteiger partial charge is 0.504 e. The molecule has 0 aliphatic carbocycles. The molecule has 0 radical (unpaired) electrons. The molecule has 0 saturated carbocycles. The molecule has 0 saturated heterocycles. The summed E-state index contributed by atoms with van der Waals surface area (Å²) in [6.45, 7) is 2.77. The monoisotopic (exact) mass is 222 g/mol. The van der Waals surface area contributed by atoms with E-state index in [0.29, 0.717) is 13.0 Å². The quantitative estimate of drug-likeness (QED) is 0.773. The van der Waals surface area contributed by atoms with Crippen molar-refractivity contribution >= 4 is 0 Å². The van der Waals surface area contributed by atoms with E-state index >= 15 is 0 Å². The molecule has 0 bridgehead atoms. The first kappa shape index (κ1) is 11.3. The molecule has 2 N–H and O–H groups in total. The summed E-state index contributed by atoms with van der Waals surface area (Å²) >= 11 is 0. The normalized spacial score (nSPS) is 19.4. The topological polar surface area (TPSA) is 49.7 Å². The lowest BCUT2D eigenvalue weighted by atomic mass is 9.93. The molecule has 0 spiro atoms. The first-order valence-corrected chi connectivity index (χ1v) is 5.89. The number of benzene rings is 1. The van der Waals surface area contributed by atoms with Gasteiger partial charge >= 0.3 is 0 Å². The van der Waals surface area contributed by atoms with Crippen LogP contribution in [-0.2, 0) is 11.2 Å². The van der Waals surface area contributed by atoms with Gasteiger partial charge in [-0.3, -0.25) is 0 Å². The molecular weight excluding hydrogens is 204 g/mol. The lowest BCUT2D eigenvalue weighted by molar-refractivity contribution is 0.0343. The van der Waals surface area contributed by atoms with Gasteiger partial charge in [0.15, 0.2) is 11.5 Å². The number of ether oxygens (including phenoxy) is 1. The zero-order valence-electron chi connectivity index (χ0n) is 9.57. The summed E-state index contributed by atoms with van der Waals surface area (Å²) in [6.07, 6.45) is 3.99. The number of aromatic hydroxyl groups is 2. The van der Waals surface area contributed by atoms with Gasteiger partial charge in [0.05, 0.1) is 12.7 Å². The minimum Gasteiger partial charge on any atom is -0.504 e. The molecule has 1 atom stereocenters. The molecule has 1 heterocycles. The fraction of sp³-hybridized carbons (Fsp3) is 0.538. The van der Waals surface area contributed by atoms with Gasteiger partial charge in [-0.15, -0.1) is 0 Å². The Hall–Kier alpha value is -1.22. The number of unbranched alkanes of at least 4 members (excludes halogenated alkanes) is 1. The van der Waals surface area contributed by atoms with Gasteiger partial charge in [0.2, 0.25) is 0 Å². The Labute approximate surface area is 95.7 Å². The lowest BCUT2D eigenvalue weighted by Crippen LogP contribution is -2.16. The Morgan fingerprint density at radius 1 is 1.38 bits per heavy atom. The molecule has 1 aliphatic rings. The van der Waals surface area contributed by atoms with Crippen molar-refractivity contribution in [2.24, 2.45) is 0 Å². The number of phenols is 2. The summed E-state index contributed by atoms with van der Waals surface area (Å²) in [6, 6.07) is 3.41. The van der Waals surface area contributed by atoms with Gasteiger partial charge in [-0.05, 0) is 24.5 Å². The van der Waals surface area contributed by atoms with Gasteiger partial charge in [-0.25, -0.2) is 0 Å². The summed E-state index contributed by atoms with van der Waals surface area (Å²) in [7, 11) is 0. The predicted octanol–water partition coefficient (Wildman–Crippen LogP) is 2.90. The van der Waals surface area contributed by atoms with Gasteiger partial charge in [-0.1, -0.05) is 25.8 Å². The maximum Gasteiger partial charge on any atom is 0.161 e. The molecule has 0 aromatic heterocycles. The first-order chi connectivity index (χ1) is 7.74. The van der Waals surface area contributed by atoms with E-state index in [9.17, 15) is 10.2 Å². The van der Waals surface area contributed by atoms with Crippen molar-refractivity contribution in [1.82, 2.24) is 0 Å². The smallest absolute Gasteiger partial charge is 0.161 e. The van der Waals surface area contributed by atoms with E-state index in [0.717, 1.165) is 30.4 Å². The number of fused-ring (bicyclic) bond motifs is 1. The molecule has 16 heavy (non-hydrogen) atoms. The zero-order valence-corrected chi connectivity index (χ0v) is 9.57. The molecule has 1 aromatic carbocycles. The van der Waals surface area contributed by atoms with E-state index < -0.39 is 0 Å². The standard InChI is InChI=1S/C13H18O3/c1-2-3-4-12-9-5-6-11(14)13(15)10(9)7-8-16-12/h5-6,12,14-15H,2-4,7-8H2,1H3. The van der Waals surface area contributed by atoms with Crippen molar-refractivity contribution < 1.29 is 14.9 Å². The van der Waals surface area contributed by atoms with Crippen LogP contribution in [-0.4, -0.2) is 16.8 Å². The number of hydrogen-bond acceptors (Lipinski definition) is 3. The average Bonchev–Trinajstić information content (AvgIpc) is 2.31. The van der Waals surface area contributed by atoms with Crippen LogP contribution in [0.3, 0.4) is 0 Å². The zero-order chi connectivity index (χ0) is 11.5. The number of rotatable bonds is 3. The Bertz CT molecular complexity index is 374. The Balaban J connectivity index is 2.28. The molecule has 1 aromatic rings. The third-order valence-corrected chi connectivity index (χ3v) is 3.14. The minimum atomic E-state index is -0.0325. The van der Waals surface area contributed by atoms with E-state index in [1.165, 1.54) is 0 Å². The first-order valence-electron chi connectivity index (χ1n) is 5.89. The predicted molar refractivity (Wildman–Crippen MR) is 61.7 cm³/mol. The van der Waals surface area contributed by atoms with E-state index in [2.05, 4.69) is 6.92 Å². The molecule has 2 rings (SSSR count). The summed E-state index contributed by atoms with van der Waals surface area (Å²) in [5.41, 5.74) is 1.89. The van der Waals surface area contributed by atoms with Crippen molar-refractivity contribution in [2.45, 2.75) is 38.7 Å². The summed E-state index contributed by atoms with van der Waals surface area (Å²) in [4.78, 5) is 0. The highest BCUT2D eigenvalue weighted by Crippen LogP contribution is 2.39. The second kappa shape index (κ2) is 4.74. The van der Waals surface area contributed by atoms with Gasteiger partial charge in [0.1, 0.15) is 0 Å². The SMILES string of the molecule is CCCCC1OCCc2c1ccc(O)c2O. The van der Waals surface area contributed by atoms with Crippen LogP contribution >= 0.6 is 0 Å². The lowest BCUT2D eigenvalue weighted by Gasteiger charge is -2.26. The van der Waals surface area contributed by atoms with Gasteiger partial charge < -0.3 is 14.9 Å². The molecule has 0 fully saturated rings. The van der Waals surface area contributed by atoms with Crippen LogP contribution < -0.4 is 0 Å². The summed E-state index contributed by atoms with van der Waals surface area (Å²) < 4.78 is 5.71. The van der Waals surface area contributed by atoms with Gasteiger partial charge in [0, 0.05) is 5.56 Å². The molecule has 3 heteroatoms. The van der Waals surface area contributed by atoms with Crippen LogP contribution in [0.4, 0.5) is 0 Å².